The van der Waals surface area contributed by atoms with Crippen LogP contribution in [0.1, 0.15) is 18.9 Å². The zero-order valence-electron chi connectivity index (χ0n) is 16.9. The molecule has 3 rings (SSSR count). The quantitative estimate of drug-likeness (QED) is 0.732. The maximum absolute atomic E-state index is 13.1. The Hall–Kier alpha value is -3.12. The van der Waals surface area contributed by atoms with E-state index in [-0.39, 0.29) is 30.8 Å². The summed E-state index contributed by atoms with van der Waals surface area (Å²) in [5.41, 5.74) is 2.51. The molecule has 152 valence electrons. The number of ether oxygens (including phenoxy) is 1. The molecule has 0 aromatic heterocycles. The molecule has 1 N–H and O–H groups in total. The van der Waals surface area contributed by atoms with E-state index in [4.69, 9.17) is 4.74 Å². The van der Waals surface area contributed by atoms with Crippen molar-refractivity contribution in [1.82, 2.24) is 4.90 Å². The number of fused-ring (bicyclic) bond motifs is 1. The van der Waals surface area contributed by atoms with Gasteiger partial charge in [-0.25, -0.2) is 0 Å². The van der Waals surface area contributed by atoms with Gasteiger partial charge in [-0.15, -0.1) is 0 Å². The lowest BCUT2D eigenvalue weighted by Crippen LogP contribution is -2.44. The molecule has 0 spiro atoms. The first-order valence-electron chi connectivity index (χ1n) is 9.70. The van der Waals surface area contributed by atoms with Crippen molar-refractivity contribution in [2.24, 2.45) is 0 Å². The zero-order valence-corrected chi connectivity index (χ0v) is 16.9. The van der Waals surface area contributed by atoms with Crippen LogP contribution in [-0.2, 0) is 16.1 Å². The summed E-state index contributed by atoms with van der Waals surface area (Å²) in [5, 5.41) is 2.89. The monoisotopic (exact) mass is 393 g/mol. The van der Waals surface area contributed by atoms with Gasteiger partial charge in [0.15, 0.2) is 0 Å². The van der Waals surface area contributed by atoms with Crippen LogP contribution in [0.3, 0.4) is 0 Å². The van der Waals surface area contributed by atoms with E-state index >= 15 is 0 Å². The second kappa shape index (κ2) is 9.39. The molecule has 2 amide bonds. The lowest BCUT2D eigenvalue weighted by molar-refractivity contribution is -0.120. The van der Waals surface area contributed by atoms with E-state index in [9.17, 15) is 9.59 Å². The van der Waals surface area contributed by atoms with E-state index in [0.717, 1.165) is 17.0 Å². The predicted molar refractivity (Wildman–Crippen MR) is 115 cm³/mol. The van der Waals surface area contributed by atoms with Crippen LogP contribution in [0.15, 0.2) is 61.2 Å². The van der Waals surface area contributed by atoms with Crippen molar-refractivity contribution >= 4 is 23.2 Å². The van der Waals surface area contributed by atoms with Crippen molar-refractivity contribution in [3.63, 3.8) is 0 Å². The smallest absolute Gasteiger partial charge is 0.241 e. The van der Waals surface area contributed by atoms with E-state index < -0.39 is 0 Å². The van der Waals surface area contributed by atoms with Crippen LogP contribution < -0.4 is 15.0 Å². The Kier molecular flexibility index (Phi) is 6.67. The fraction of sp³-hybridized carbons (Fsp3) is 0.304. The highest BCUT2D eigenvalue weighted by Gasteiger charge is 2.29. The third-order valence-corrected chi connectivity index (χ3v) is 4.78. The first kappa shape index (κ1) is 20.6. The van der Waals surface area contributed by atoms with Gasteiger partial charge in [0, 0.05) is 19.0 Å². The summed E-state index contributed by atoms with van der Waals surface area (Å²) < 4.78 is 5.50. The number of hydrogen-bond acceptors (Lipinski definition) is 4. The van der Waals surface area contributed by atoms with Crippen molar-refractivity contribution in [1.29, 1.82) is 0 Å². The van der Waals surface area contributed by atoms with Crippen LogP contribution in [0.5, 0.6) is 5.75 Å². The van der Waals surface area contributed by atoms with Crippen molar-refractivity contribution in [2.75, 3.05) is 30.4 Å². The molecule has 0 bridgehead atoms. The standard InChI is InChI=1S/C23H27N3O3/c1-4-13-29-19-11-9-18(10-12-19)15-25(3)16-23(28)26-17(2)14-22(27)24-20-7-5-6-8-21(20)26/h4-12,17H,1,13-16H2,2-3H3,(H,24,27). The molecule has 1 atom stereocenters. The van der Waals surface area contributed by atoms with Crippen LogP contribution in [0, 0.1) is 0 Å². The highest BCUT2D eigenvalue weighted by Crippen LogP contribution is 2.31. The molecule has 0 fully saturated rings. The Bertz CT molecular complexity index is 879. The van der Waals surface area contributed by atoms with Crippen LogP contribution in [0.2, 0.25) is 0 Å². The lowest BCUT2D eigenvalue weighted by Gasteiger charge is -2.29. The molecule has 1 unspecified atom stereocenters. The van der Waals surface area contributed by atoms with Gasteiger partial charge in [0.25, 0.3) is 0 Å². The molecule has 0 saturated carbocycles. The third kappa shape index (κ3) is 5.23. The van der Waals surface area contributed by atoms with Crippen LogP contribution in [-0.4, -0.2) is 43.0 Å². The molecule has 2 aromatic carbocycles. The number of nitrogens with zero attached hydrogens (tertiary/aromatic N) is 2. The topological polar surface area (TPSA) is 61.9 Å². The third-order valence-electron chi connectivity index (χ3n) is 4.78. The second-order valence-electron chi connectivity index (χ2n) is 7.30. The van der Waals surface area contributed by atoms with Gasteiger partial charge in [-0.05, 0) is 43.8 Å². The minimum Gasteiger partial charge on any atom is -0.490 e. The second-order valence-corrected chi connectivity index (χ2v) is 7.30. The minimum atomic E-state index is -0.208. The number of hydrogen-bond donors (Lipinski definition) is 1. The highest BCUT2D eigenvalue weighted by molar-refractivity contribution is 6.04. The number of rotatable bonds is 7. The molecular formula is C23H27N3O3. The van der Waals surface area contributed by atoms with Gasteiger partial charge in [-0.2, -0.15) is 0 Å². The first-order valence-corrected chi connectivity index (χ1v) is 9.70. The lowest BCUT2D eigenvalue weighted by atomic mass is 10.1. The molecule has 29 heavy (non-hydrogen) atoms. The number of benzene rings is 2. The number of nitrogens with one attached hydrogen (secondary N) is 1. The van der Waals surface area contributed by atoms with E-state index in [2.05, 4.69) is 11.9 Å². The van der Waals surface area contributed by atoms with Gasteiger partial charge in [-0.1, -0.05) is 36.9 Å². The summed E-state index contributed by atoms with van der Waals surface area (Å²) in [6.45, 7) is 6.90. The fourth-order valence-corrected chi connectivity index (χ4v) is 3.49. The van der Waals surface area contributed by atoms with Crippen molar-refractivity contribution in [3.8, 4) is 5.75 Å². The molecule has 0 radical (unpaired) electrons. The van der Waals surface area contributed by atoms with Crippen LogP contribution >= 0.6 is 0 Å². The number of likely N-dealkylation sites (N-methyl/N-ethyl adjacent to an activating group) is 1. The molecule has 6 nitrogen and oxygen atoms in total. The van der Waals surface area contributed by atoms with E-state index in [1.165, 1.54) is 0 Å². The van der Waals surface area contributed by atoms with Crippen LogP contribution in [0.4, 0.5) is 11.4 Å². The van der Waals surface area contributed by atoms with Gasteiger partial charge in [0.1, 0.15) is 12.4 Å². The molecule has 0 aliphatic carbocycles. The van der Waals surface area contributed by atoms with E-state index in [1.807, 2.05) is 67.4 Å². The summed E-state index contributed by atoms with van der Waals surface area (Å²) in [5.74, 6) is 0.682. The zero-order chi connectivity index (χ0) is 20.8. The van der Waals surface area contributed by atoms with Crippen molar-refractivity contribution in [2.45, 2.75) is 25.9 Å². The number of carbonyl (C=O) groups is 2. The number of amides is 2. The Balaban J connectivity index is 1.67. The first-order chi connectivity index (χ1) is 14.0. The Labute approximate surface area is 171 Å². The van der Waals surface area contributed by atoms with E-state index in [0.29, 0.717) is 18.8 Å². The molecule has 2 aromatic rings. The van der Waals surface area contributed by atoms with Gasteiger partial charge >= 0.3 is 0 Å². The van der Waals surface area contributed by atoms with Gasteiger partial charge in [0.05, 0.1) is 17.9 Å². The summed E-state index contributed by atoms with van der Waals surface area (Å²) in [6, 6.07) is 15.0. The number of para-hydroxylation sites is 2. The van der Waals surface area contributed by atoms with E-state index in [1.54, 1.807) is 11.0 Å². The Morgan fingerprint density at radius 2 is 2.00 bits per heavy atom. The number of anilines is 2. The largest absolute Gasteiger partial charge is 0.490 e. The van der Waals surface area contributed by atoms with Gasteiger partial charge < -0.3 is 15.0 Å². The maximum Gasteiger partial charge on any atom is 0.241 e. The highest BCUT2D eigenvalue weighted by atomic mass is 16.5. The van der Waals surface area contributed by atoms with Crippen molar-refractivity contribution < 1.29 is 14.3 Å². The van der Waals surface area contributed by atoms with Gasteiger partial charge in [-0.3, -0.25) is 14.5 Å². The Morgan fingerprint density at radius 3 is 2.72 bits per heavy atom. The van der Waals surface area contributed by atoms with Crippen molar-refractivity contribution in [3.05, 3.63) is 66.7 Å². The summed E-state index contributed by atoms with van der Waals surface area (Å²) in [4.78, 5) is 28.9. The van der Waals surface area contributed by atoms with Gasteiger partial charge in [0.2, 0.25) is 11.8 Å². The SMILES string of the molecule is C=CCOc1ccc(CN(C)CC(=O)N2c3ccccc3NC(=O)CC2C)cc1. The minimum absolute atomic E-state index is 0.0325. The molecular weight excluding hydrogens is 366 g/mol. The average molecular weight is 393 g/mol. The molecule has 6 heteroatoms. The number of carbonyl (C=O) groups excluding carboxylic acids is 2. The molecule has 0 saturated heterocycles. The van der Waals surface area contributed by atoms with Crippen LogP contribution in [0.25, 0.3) is 0 Å². The average Bonchev–Trinajstić information content (AvgIpc) is 2.81. The molecule has 1 heterocycles. The molecule has 1 aliphatic heterocycles. The molecule has 1 aliphatic rings. The maximum atomic E-state index is 13.1. The Morgan fingerprint density at radius 1 is 1.28 bits per heavy atom. The summed E-state index contributed by atoms with van der Waals surface area (Å²) in [6.07, 6.45) is 1.98. The normalized spacial score (nSPS) is 16.0. The predicted octanol–water partition coefficient (Wildman–Crippen LogP) is 3.45. The summed E-state index contributed by atoms with van der Waals surface area (Å²) >= 11 is 0. The fourth-order valence-electron chi connectivity index (χ4n) is 3.49. The summed E-state index contributed by atoms with van der Waals surface area (Å²) in [7, 11) is 1.91.